The van der Waals surface area contributed by atoms with Crippen molar-refractivity contribution in [2.24, 2.45) is 0 Å². The fraction of sp³-hybridized carbons (Fsp3) is 0.571. The van der Waals surface area contributed by atoms with Gasteiger partial charge in [0.1, 0.15) is 5.82 Å². The minimum Gasteiger partial charge on any atom is -0.396 e. The van der Waals surface area contributed by atoms with Crippen LogP contribution >= 0.6 is 0 Å². The summed E-state index contributed by atoms with van der Waals surface area (Å²) in [7, 11) is 0. The molecule has 0 radical (unpaired) electrons. The van der Waals surface area contributed by atoms with E-state index in [9.17, 15) is 5.11 Å². The molecule has 0 saturated carbocycles. The first kappa shape index (κ1) is 19.1. The standard InChI is InChI=1S/C21H32N4O/c1-15(2)7-9-25-11-10-24(13-18(25)8-12-26)14-20-22-19-6-5-16(3)17(4)21(19)23-20/h5-7,18,26H,8-14H2,1-4H3,(H,22,23)/t18-/m0/s1. The molecule has 5 nitrogen and oxygen atoms in total. The first-order chi connectivity index (χ1) is 12.5. The van der Waals surface area contributed by atoms with Crippen LogP contribution in [0.5, 0.6) is 0 Å². The molecule has 2 aromatic rings. The van der Waals surface area contributed by atoms with Gasteiger partial charge in [0.05, 0.1) is 17.6 Å². The number of hydrogen-bond donors (Lipinski definition) is 2. The Morgan fingerprint density at radius 3 is 2.85 bits per heavy atom. The molecule has 26 heavy (non-hydrogen) atoms. The Morgan fingerprint density at radius 1 is 1.31 bits per heavy atom. The van der Waals surface area contributed by atoms with E-state index in [-0.39, 0.29) is 6.61 Å². The summed E-state index contributed by atoms with van der Waals surface area (Å²) in [6, 6.07) is 4.68. The second-order valence-electron chi connectivity index (χ2n) is 7.76. The van der Waals surface area contributed by atoms with Gasteiger partial charge in [0.15, 0.2) is 0 Å². The number of imidazole rings is 1. The van der Waals surface area contributed by atoms with Crippen LogP contribution < -0.4 is 0 Å². The summed E-state index contributed by atoms with van der Waals surface area (Å²) in [5, 5.41) is 9.46. The number of aryl methyl sites for hydroxylation is 2. The van der Waals surface area contributed by atoms with E-state index >= 15 is 0 Å². The highest BCUT2D eigenvalue weighted by Crippen LogP contribution is 2.21. The van der Waals surface area contributed by atoms with E-state index in [1.165, 1.54) is 16.7 Å². The van der Waals surface area contributed by atoms with Gasteiger partial charge in [-0.1, -0.05) is 17.7 Å². The highest BCUT2D eigenvalue weighted by atomic mass is 16.3. The van der Waals surface area contributed by atoms with Crippen LogP contribution in [0.2, 0.25) is 0 Å². The Labute approximate surface area is 156 Å². The number of nitrogens with one attached hydrogen (secondary N) is 1. The zero-order valence-corrected chi connectivity index (χ0v) is 16.5. The number of piperazine rings is 1. The van der Waals surface area contributed by atoms with Crippen LogP contribution in [-0.4, -0.2) is 63.7 Å². The highest BCUT2D eigenvalue weighted by Gasteiger charge is 2.26. The Bertz CT molecular complexity index is 776. The third kappa shape index (κ3) is 4.34. The van der Waals surface area contributed by atoms with Gasteiger partial charge in [-0.3, -0.25) is 9.80 Å². The number of rotatable bonds is 6. The number of H-pyrrole nitrogens is 1. The third-order valence-corrected chi connectivity index (χ3v) is 5.49. The van der Waals surface area contributed by atoms with Crippen molar-refractivity contribution in [3.63, 3.8) is 0 Å². The quantitative estimate of drug-likeness (QED) is 0.781. The van der Waals surface area contributed by atoms with Crippen molar-refractivity contribution in [3.8, 4) is 0 Å². The smallest absolute Gasteiger partial charge is 0.121 e. The fourth-order valence-electron chi connectivity index (χ4n) is 3.71. The molecule has 0 aliphatic carbocycles. The van der Waals surface area contributed by atoms with Crippen molar-refractivity contribution >= 4 is 11.0 Å². The monoisotopic (exact) mass is 356 g/mol. The minimum atomic E-state index is 0.243. The van der Waals surface area contributed by atoms with Crippen LogP contribution in [-0.2, 0) is 6.54 Å². The van der Waals surface area contributed by atoms with Gasteiger partial charge in [-0.25, -0.2) is 4.98 Å². The normalized spacial score (nSPS) is 19.2. The second-order valence-corrected chi connectivity index (χ2v) is 7.76. The molecule has 1 atom stereocenters. The zero-order chi connectivity index (χ0) is 18.7. The Kier molecular flexibility index (Phi) is 6.12. The molecule has 1 aliphatic heterocycles. The molecule has 1 saturated heterocycles. The third-order valence-electron chi connectivity index (χ3n) is 5.49. The molecule has 1 aromatic heterocycles. The average Bonchev–Trinajstić information content (AvgIpc) is 3.01. The van der Waals surface area contributed by atoms with Gasteiger partial charge in [0, 0.05) is 38.8 Å². The van der Waals surface area contributed by atoms with Crippen molar-refractivity contribution in [2.45, 2.75) is 46.7 Å². The molecule has 0 bridgehead atoms. The van der Waals surface area contributed by atoms with Gasteiger partial charge < -0.3 is 10.1 Å². The predicted octanol–water partition coefficient (Wildman–Crippen LogP) is 3.01. The van der Waals surface area contributed by atoms with E-state index in [2.05, 4.69) is 60.7 Å². The molecule has 3 rings (SSSR count). The van der Waals surface area contributed by atoms with Crippen molar-refractivity contribution in [3.05, 3.63) is 40.7 Å². The van der Waals surface area contributed by atoms with E-state index in [1.807, 2.05) is 0 Å². The van der Waals surface area contributed by atoms with Crippen molar-refractivity contribution in [2.75, 3.05) is 32.8 Å². The predicted molar refractivity (Wildman–Crippen MR) is 107 cm³/mol. The first-order valence-corrected chi connectivity index (χ1v) is 9.63. The van der Waals surface area contributed by atoms with Crippen LogP contribution in [0.25, 0.3) is 11.0 Å². The van der Waals surface area contributed by atoms with Gasteiger partial charge in [0.2, 0.25) is 0 Å². The number of aliphatic hydroxyl groups excluding tert-OH is 1. The number of nitrogens with zero attached hydrogens (tertiary/aromatic N) is 3. The van der Waals surface area contributed by atoms with Gasteiger partial charge in [0.25, 0.3) is 0 Å². The van der Waals surface area contributed by atoms with Crippen molar-refractivity contribution in [1.82, 2.24) is 19.8 Å². The summed E-state index contributed by atoms with van der Waals surface area (Å²) in [6.45, 7) is 13.7. The number of fused-ring (bicyclic) bond motifs is 1. The molecule has 142 valence electrons. The van der Waals surface area contributed by atoms with Crippen LogP contribution in [0.3, 0.4) is 0 Å². The lowest BCUT2D eigenvalue weighted by molar-refractivity contribution is 0.0625. The van der Waals surface area contributed by atoms with E-state index in [0.717, 1.165) is 56.0 Å². The van der Waals surface area contributed by atoms with Crippen LogP contribution in [0, 0.1) is 13.8 Å². The molecule has 0 unspecified atom stereocenters. The van der Waals surface area contributed by atoms with E-state index in [4.69, 9.17) is 4.98 Å². The average molecular weight is 357 g/mol. The van der Waals surface area contributed by atoms with E-state index in [1.54, 1.807) is 0 Å². The highest BCUT2D eigenvalue weighted by molar-refractivity contribution is 5.79. The molecule has 1 fully saturated rings. The lowest BCUT2D eigenvalue weighted by Gasteiger charge is -2.40. The summed E-state index contributed by atoms with van der Waals surface area (Å²) >= 11 is 0. The second kappa shape index (κ2) is 8.33. The number of allylic oxidation sites excluding steroid dienone is 1. The first-order valence-electron chi connectivity index (χ1n) is 9.63. The summed E-state index contributed by atoms with van der Waals surface area (Å²) in [6.07, 6.45) is 3.11. The van der Waals surface area contributed by atoms with E-state index < -0.39 is 0 Å². The van der Waals surface area contributed by atoms with Crippen molar-refractivity contribution < 1.29 is 5.11 Å². The number of aromatic nitrogens is 2. The molecule has 0 spiro atoms. The number of hydrogen-bond acceptors (Lipinski definition) is 4. The summed E-state index contributed by atoms with van der Waals surface area (Å²) in [5.74, 6) is 1.04. The lowest BCUT2D eigenvalue weighted by atomic mass is 10.1. The molecule has 2 heterocycles. The fourth-order valence-corrected chi connectivity index (χ4v) is 3.71. The SMILES string of the molecule is CC(C)=CCN1CCN(Cc2nc3c(C)c(C)ccc3[nH]2)C[C@@H]1CCO. The van der Waals surface area contributed by atoms with Crippen LogP contribution in [0.15, 0.2) is 23.8 Å². The number of benzene rings is 1. The molecule has 0 amide bonds. The van der Waals surface area contributed by atoms with Crippen LogP contribution in [0.4, 0.5) is 0 Å². The van der Waals surface area contributed by atoms with E-state index in [0.29, 0.717) is 6.04 Å². The van der Waals surface area contributed by atoms with Gasteiger partial charge in [-0.05, 0) is 51.3 Å². The van der Waals surface area contributed by atoms with Crippen LogP contribution in [0.1, 0.15) is 37.2 Å². The maximum absolute atomic E-state index is 9.46. The molecule has 2 N–H and O–H groups in total. The Hall–Kier alpha value is -1.69. The molecule has 5 heteroatoms. The summed E-state index contributed by atoms with van der Waals surface area (Å²) in [4.78, 5) is 13.3. The topological polar surface area (TPSA) is 55.4 Å². The van der Waals surface area contributed by atoms with Gasteiger partial charge in [-0.2, -0.15) is 0 Å². The Morgan fingerprint density at radius 2 is 2.12 bits per heavy atom. The minimum absolute atomic E-state index is 0.243. The maximum atomic E-state index is 9.46. The molecule has 1 aliphatic rings. The lowest BCUT2D eigenvalue weighted by Crippen LogP contribution is -2.53. The summed E-state index contributed by atoms with van der Waals surface area (Å²) in [5.41, 5.74) is 6.11. The van der Waals surface area contributed by atoms with Gasteiger partial charge >= 0.3 is 0 Å². The summed E-state index contributed by atoms with van der Waals surface area (Å²) < 4.78 is 0. The largest absolute Gasteiger partial charge is 0.396 e. The van der Waals surface area contributed by atoms with Crippen molar-refractivity contribution in [1.29, 1.82) is 0 Å². The molecular weight excluding hydrogens is 324 g/mol. The zero-order valence-electron chi connectivity index (χ0n) is 16.5. The number of aromatic amines is 1. The number of aliphatic hydroxyl groups is 1. The molecule has 1 aromatic carbocycles. The molecular formula is C21H32N4O. The maximum Gasteiger partial charge on any atom is 0.121 e. The van der Waals surface area contributed by atoms with Gasteiger partial charge in [-0.15, -0.1) is 0 Å². The Balaban J connectivity index is 1.69.